The Morgan fingerprint density at radius 1 is 1.00 bits per heavy atom. The minimum absolute atomic E-state index is 0.205. The summed E-state index contributed by atoms with van der Waals surface area (Å²) in [7, 11) is 0. The van der Waals surface area contributed by atoms with Gasteiger partial charge in [0, 0.05) is 5.69 Å². The molecule has 5 nitrogen and oxygen atoms in total. The maximum atomic E-state index is 11.7. The molecule has 5 heteroatoms. The number of anilines is 1. The van der Waals surface area contributed by atoms with Crippen molar-refractivity contribution in [3.63, 3.8) is 0 Å². The van der Waals surface area contributed by atoms with Crippen molar-refractivity contribution in [2.75, 3.05) is 5.32 Å². The second-order valence-corrected chi connectivity index (χ2v) is 4.67. The van der Waals surface area contributed by atoms with E-state index in [1.807, 2.05) is 38.1 Å². The maximum Gasteiger partial charge on any atom is 0.419 e. The number of amidine groups is 1. The molecule has 21 heavy (non-hydrogen) atoms. The van der Waals surface area contributed by atoms with Crippen LogP contribution in [0.4, 0.5) is 16.2 Å². The molecule has 0 aliphatic heterocycles. The number of carbonyl (C=O) groups excluding carboxylic acids is 1. The number of hydrogen-bond donors (Lipinski definition) is 2. The summed E-state index contributed by atoms with van der Waals surface area (Å²) in [6, 6.07) is 14.5. The van der Waals surface area contributed by atoms with E-state index in [9.17, 15) is 4.79 Å². The van der Waals surface area contributed by atoms with E-state index in [0.717, 1.165) is 11.1 Å². The molecule has 108 valence electrons. The highest BCUT2D eigenvalue weighted by Crippen LogP contribution is 2.13. The van der Waals surface area contributed by atoms with Crippen molar-refractivity contribution in [2.24, 2.45) is 10.7 Å². The van der Waals surface area contributed by atoms with Crippen molar-refractivity contribution >= 4 is 23.5 Å². The third kappa shape index (κ3) is 4.65. The first-order valence-electron chi connectivity index (χ1n) is 6.49. The Morgan fingerprint density at radius 3 is 2.10 bits per heavy atom. The highest BCUT2D eigenvalue weighted by Gasteiger charge is 2.06. The monoisotopic (exact) mass is 283 g/mol. The summed E-state index contributed by atoms with van der Waals surface area (Å²) >= 11 is 0. The van der Waals surface area contributed by atoms with Crippen LogP contribution in [0.2, 0.25) is 0 Å². The summed E-state index contributed by atoms with van der Waals surface area (Å²) in [4.78, 5) is 15.7. The summed E-state index contributed by atoms with van der Waals surface area (Å²) in [6.07, 6.45) is -0.674. The zero-order chi connectivity index (χ0) is 15.2. The number of nitrogens with two attached hydrogens (primary N) is 1. The number of carbonyl (C=O) groups is 1. The molecular weight excluding hydrogens is 266 g/mol. The molecule has 2 aromatic rings. The first-order chi connectivity index (χ1) is 10.0. The van der Waals surface area contributed by atoms with Gasteiger partial charge in [0.15, 0.2) is 0 Å². The zero-order valence-corrected chi connectivity index (χ0v) is 12.0. The topological polar surface area (TPSA) is 76.7 Å². The fourth-order valence-electron chi connectivity index (χ4n) is 1.64. The average Bonchev–Trinajstić information content (AvgIpc) is 2.44. The van der Waals surface area contributed by atoms with Gasteiger partial charge in [0.2, 0.25) is 0 Å². The maximum absolute atomic E-state index is 11.7. The van der Waals surface area contributed by atoms with E-state index in [0.29, 0.717) is 11.4 Å². The van der Waals surface area contributed by atoms with Crippen LogP contribution in [0.15, 0.2) is 53.5 Å². The van der Waals surface area contributed by atoms with Gasteiger partial charge >= 0.3 is 6.09 Å². The van der Waals surface area contributed by atoms with Gasteiger partial charge in [-0.2, -0.15) is 4.99 Å². The van der Waals surface area contributed by atoms with Crippen LogP contribution in [0, 0.1) is 13.8 Å². The molecular formula is C16H17N3O2. The number of nitrogens with zero attached hydrogens (tertiary/aromatic N) is 1. The van der Waals surface area contributed by atoms with Crippen LogP contribution in [-0.2, 0) is 4.74 Å². The summed E-state index contributed by atoms with van der Waals surface area (Å²) in [6.45, 7) is 3.94. The SMILES string of the molecule is Cc1ccc(N=C(N)OC(=O)Nc2ccc(C)cc2)cc1. The van der Waals surface area contributed by atoms with Crippen molar-refractivity contribution in [1.29, 1.82) is 0 Å². The number of benzene rings is 2. The number of ether oxygens (including phenoxy) is 1. The van der Waals surface area contributed by atoms with Crippen molar-refractivity contribution in [3.05, 3.63) is 59.7 Å². The van der Waals surface area contributed by atoms with E-state index in [4.69, 9.17) is 10.5 Å². The molecule has 0 spiro atoms. The minimum Gasteiger partial charge on any atom is -0.376 e. The van der Waals surface area contributed by atoms with Crippen LogP contribution in [0.1, 0.15) is 11.1 Å². The van der Waals surface area contributed by atoms with Crippen LogP contribution < -0.4 is 11.1 Å². The lowest BCUT2D eigenvalue weighted by Crippen LogP contribution is -2.24. The van der Waals surface area contributed by atoms with E-state index >= 15 is 0 Å². The Labute approximate surface area is 123 Å². The van der Waals surface area contributed by atoms with Gasteiger partial charge in [-0.15, -0.1) is 0 Å². The van der Waals surface area contributed by atoms with E-state index in [2.05, 4.69) is 10.3 Å². The molecule has 0 heterocycles. The molecule has 0 atom stereocenters. The largest absolute Gasteiger partial charge is 0.419 e. The molecule has 2 rings (SSSR count). The highest BCUT2D eigenvalue weighted by atomic mass is 16.6. The lowest BCUT2D eigenvalue weighted by Gasteiger charge is -2.06. The molecule has 0 aromatic heterocycles. The molecule has 0 saturated carbocycles. The minimum atomic E-state index is -0.674. The standard InChI is InChI=1S/C16H17N3O2/c1-11-3-7-13(8-4-11)18-15(17)21-16(20)19-14-9-5-12(2)6-10-14/h3-10H,1-2H3,(H2,17,18)(H,19,20). The normalized spacial score (nSPS) is 11.0. The van der Waals surface area contributed by atoms with Gasteiger partial charge in [0.05, 0.1) is 5.69 Å². The third-order valence-electron chi connectivity index (χ3n) is 2.77. The number of hydrogen-bond acceptors (Lipinski definition) is 3. The third-order valence-corrected chi connectivity index (χ3v) is 2.77. The van der Waals surface area contributed by atoms with Gasteiger partial charge in [0.1, 0.15) is 0 Å². The van der Waals surface area contributed by atoms with Crippen LogP contribution >= 0.6 is 0 Å². The van der Waals surface area contributed by atoms with Gasteiger partial charge in [-0.1, -0.05) is 35.4 Å². The smallest absolute Gasteiger partial charge is 0.376 e. The first kappa shape index (κ1) is 14.6. The molecule has 0 bridgehead atoms. The molecule has 2 aromatic carbocycles. The number of aliphatic imine (C=N–C) groups is 1. The average molecular weight is 283 g/mol. The van der Waals surface area contributed by atoms with E-state index < -0.39 is 6.09 Å². The number of amides is 1. The summed E-state index contributed by atoms with van der Waals surface area (Å²) in [5.74, 6) is 0. The molecule has 0 aliphatic carbocycles. The van der Waals surface area contributed by atoms with E-state index in [1.165, 1.54) is 0 Å². The molecule has 0 aliphatic rings. The lowest BCUT2D eigenvalue weighted by atomic mass is 10.2. The predicted molar refractivity (Wildman–Crippen MR) is 83.7 cm³/mol. The van der Waals surface area contributed by atoms with Crippen molar-refractivity contribution in [3.8, 4) is 0 Å². The Bertz CT molecular complexity index is 646. The second kappa shape index (κ2) is 6.56. The van der Waals surface area contributed by atoms with Gasteiger partial charge in [0.25, 0.3) is 6.02 Å². The molecule has 1 amide bonds. The van der Waals surface area contributed by atoms with Crippen LogP contribution in [0.3, 0.4) is 0 Å². The summed E-state index contributed by atoms with van der Waals surface area (Å²) in [5.41, 5.74) is 9.07. The summed E-state index contributed by atoms with van der Waals surface area (Å²) in [5, 5.41) is 2.57. The Hall–Kier alpha value is -2.82. The zero-order valence-electron chi connectivity index (χ0n) is 12.0. The Kier molecular flexibility index (Phi) is 4.56. The Balaban J connectivity index is 1.95. The number of aryl methyl sites for hydroxylation is 2. The molecule has 0 unspecified atom stereocenters. The van der Waals surface area contributed by atoms with Crippen LogP contribution in [-0.4, -0.2) is 12.1 Å². The first-order valence-corrected chi connectivity index (χ1v) is 6.49. The second-order valence-electron chi connectivity index (χ2n) is 4.67. The van der Waals surface area contributed by atoms with Crippen molar-refractivity contribution < 1.29 is 9.53 Å². The van der Waals surface area contributed by atoms with Gasteiger partial charge in [-0.25, -0.2) is 4.79 Å². The molecule has 0 fully saturated rings. The van der Waals surface area contributed by atoms with Gasteiger partial charge in [-0.05, 0) is 38.1 Å². The van der Waals surface area contributed by atoms with E-state index in [-0.39, 0.29) is 6.02 Å². The van der Waals surface area contributed by atoms with Gasteiger partial charge in [-0.3, -0.25) is 5.32 Å². The van der Waals surface area contributed by atoms with Crippen molar-refractivity contribution in [2.45, 2.75) is 13.8 Å². The van der Waals surface area contributed by atoms with Crippen LogP contribution in [0.25, 0.3) is 0 Å². The molecule has 0 saturated heterocycles. The van der Waals surface area contributed by atoms with Crippen LogP contribution in [0.5, 0.6) is 0 Å². The van der Waals surface area contributed by atoms with E-state index in [1.54, 1.807) is 24.3 Å². The predicted octanol–water partition coefficient (Wildman–Crippen LogP) is 3.50. The lowest BCUT2D eigenvalue weighted by molar-refractivity contribution is 0.211. The summed E-state index contributed by atoms with van der Waals surface area (Å²) < 4.78 is 4.90. The number of nitrogens with one attached hydrogen (secondary N) is 1. The quantitative estimate of drug-likeness (QED) is 0.654. The fraction of sp³-hybridized carbons (Fsp3) is 0.125. The Morgan fingerprint density at radius 2 is 1.52 bits per heavy atom. The highest BCUT2D eigenvalue weighted by molar-refractivity contribution is 5.94. The molecule has 0 radical (unpaired) electrons. The van der Waals surface area contributed by atoms with Crippen molar-refractivity contribution in [1.82, 2.24) is 0 Å². The fourth-order valence-corrected chi connectivity index (χ4v) is 1.64. The number of rotatable bonds is 2. The van der Waals surface area contributed by atoms with Gasteiger partial charge < -0.3 is 10.5 Å². The molecule has 3 N–H and O–H groups in total.